The molecule has 1 atom stereocenters. The summed E-state index contributed by atoms with van der Waals surface area (Å²) in [4.78, 5) is 15.3. The van der Waals surface area contributed by atoms with E-state index in [4.69, 9.17) is 4.74 Å². The third kappa shape index (κ3) is 6.18. The molecule has 0 aromatic rings. The number of hydrogen-bond acceptors (Lipinski definition) is 3. The number of hydrogen-bond donors (Lipinski definition) is 1. The van der Waals surface area contributed by atoms with E-state index in [0.29, 0.717) is 45.3 Å². The van der Waals surface area contributed by atoms with E-state index in [1.807, 2.05) is 6.92 Å². The number of piperidine rings is 1. The molecule has 2 aliphatic rings. The highest BCUT2D eigenvalue weighted by Crippen LogP contribution is 2.24. The molecule has 134 valence electrons. The number of alkyl halides is 3. The lowest BCUT2D eigenvalue weighted by Gasteiger charge is -2.34. The highest BCUT2D eigenvalue weighted by molar-refractivity contribution is 5.74. The summed E-state index contributed by atoms with van der Waals surface area (Å²) in [5, 5.41) is 2.92. The molecule has 23 heavy (non-hydrogen) atoms. The molecule has 2 fully saturated rings. The number of rotatable bonds is 4. The molecule has 0 radical (unpaired) electrons. The van der Waals surface area contributed by atoms with Crippen molar-refractivity contribution in [1.29, 1.82) is 0 Å². The maximum absolute atomic E-state index is 12.3. The second kappa shape index (κ2) is 8.19. The molecule has 2 amide bonds. The molecule has 0 unspecified atom stereocenters. The predicted molar refractivity (Wildman–Crippen MR) is 80.2 cm³/mol. The van der Waals surface area contributed by atoms with Crippen molar-refractivity contribution >= 4 is 6.03 Å². The first-order valence-electron chi connectivity index (χ1n) is 8.26. The van der Waals surface area contributed by atoms with Gasteiger partial charge in [0, 0.05) is 13.1 Å². The molecule has 8 heteroatoms. The third-order valence-corrected chi connectivity index (χ3v) is 4.57. The van der Waals surface area contributed by atoms with E-state index in [1.54, 1.807) is 4.90 Å². The second-order valence-corrected chi connectivity index (χ2v) is 6.47. The molecule has 0 spiro atoms. The number of carbonyl (C=O) groups is 1. The number of urea groups is 1. The van der Waals surface area contributed by atoms with Crippen LogP contribution >= 0.6 is 0 Å². The minimum absolute atomic E-state index is 0.0738. The second-order valence-electron chi connectivity index (χ2n) is 6.47. The van der Waals surface area contributed by atoms with Gasteiger partial charge < -0.3 is 15.0 Å². The van der Waals surface area contributed by atoms with Gasteiger partial charge in [0.2, 0.25) is 0 Å². The van der Waals surface area contributed by atoms with Crippen LogP contribution in [0.2, 0.25) is 0 Å². The number of ether oxygens (including phenoxy) is 1. The number of nitrogens with one attached hydrogen (secondary N) is 1. The maximum atomic E-state index is 12.3. The fourth-order valence-corrected chi connectivity index (χ4v) is 3.20. The zero-order valence-electron chi connectivity index (χ0n) is 13.6. The number of amides is 2. The van der Waals surface area contributed by atoms with Crippen LogP contribution in [0.15, 0.2) is 0 Å². The summed E-state index contributed by atoms with van der Waals surface area (Å²) in [5.41, 5.74) is 0. The Hall–Kier alpha value is -1.02. The first-order valence-corrected chi connectivity index (χ1v) is 8.26. The van der Waals surface area contributed by atoms with E-state index < -0.39 is 12.7 Å². The zero-order valence-corrected chi connectivity index (χ0v) is 13.6. The highest BCUT2D eigenvalue weighted by Gasteiger charge is 2.32. The van der Waals surface area contributed by atoms with E-state index in [-0.39, 0.29) is 12.1 Å². The minimum Gasteiger partial charge on any atom is -0.377 e. The Morgan fingerprint density at radius 1 is 1.26 bits per heavy atom. The molecule has 0 aromatic heterocycles. The molecular weight excluding hydrogens is 311 g/mol. The molecule has 2 heterocycles. The average Bonchev–Trinajstić information content (AvgIpc) is 2.48. The molecule has 0 bridgehead atoms. The Bertz CT molecular complexity index is 385. The molecule has 5 nitrogen and oxygen atoms in total. The number of carbonyl (C=O) groups excluding carboxylic acids is 1. The molecule has 2 saturated heterocycles. The van der Waals surface area contributed by atoms with Crippen LogP contribution in [0.4, 0.5) is 18.0 Å². The van der Waals surface area contributed by atoms with Crippen LogP contribution in [0.1, 0.15) is 26.2 Å². The number of nitrogens with zero attached hydrogens (tertiary/aromatic N) is 2. The van der Waals surface area contributed by atoms with Gasteiger partial charge in [-0.2, -0.15) is 13.2 Å². The van der Waals surface area contributed by atoms with Gasteiger partial charge in [-0.25, -0.2) is 4.79 Å². The van der Waals surface area contributed by atoms with Gasteiger partial charge in [-0.1, -0.05) is 0 Å². The Kier molecular flexibility index (Phi) is 6.52. The molecule has 1 N–H and O–H groups in total. The summed E-state index contributed by atoms with van der Waals surface area (Å²) >= 11 is 0. The van der Waals surface area contributed by atoms with E-state index in [9.17, 15) is 18.0 Å². The lowest BCUT2D eigenvalue weighted by atomic mass is 9.93. The lowest BCUT2D eigenvalue weighted by molar-refractivity contribution is -0.148. The van der Waals surface area contributed by atoms with Crippen molar-refractivity contribution in [3.05, 3.63) is 0 Å². The van der Waals surface area contributed by atoms with Crippen molar-refractivity contribution in [3.8, 4) is 0 Å². The van der Waals surface area contributed by atoms with Gasteiger partial charge in [0.05, 0.1) is 25.8 Å². The van der Waals surface area contributed by atoms with Gasteiger partial charge in [-0.05, 0) is 45.2 Å². The van der Waals surface area contributed by atoms with Gasteiger partial charge in [-0.3, -0.25) is 4.90 Å². The molecular formula is C15H26F3N3O2. The van der Waals surface area contributed by atoms with Gasteiger partial charge in [0.15, 0.2) is 0 Å². The quantitative estimate of drug-likeness (QED) is 0.854. The SMILES string of the molecule is C[C@H]1COCCN1C(=O)NCCC1CCN(CC(F)(F)F)CC1. The number of halogens is 3. The zero-order chi connectivity index (χ0) is 16.9. The van der Waals surface area contributed by atoms with Crippen molar-refractivity contribution in [2.75, 3.05) is 45.9 Å². The summed E-state index contributed by atoms with van der Waals surface area (Å²) in [5.74, 6) is 0.391. The van der Waals surface area contributed by atoms with Gasteiger partial charge in [0.25, 0.3) is 0 Å². The maximum Gasteiger partial charge on any atom is 0.401 e. The molecule has 2 rings (SSSR count). The van der Waals surface area contributed by atoms with E-state index in [2.05, 4.69) is 5.32 Å². The Labute approximate surface area is 135 Å². The monoisotopic (exact) mass is 337 g/mol. The minimum atomic E-state index is -4.12. The van der Waals surface area contributed by atoms with Crippen LogP contribution in [0.25, 0.3) is 0 Å². The Balaban J connectivity index is 1.61. The summed E-state index contributed by atoms with van der Waals surface area (Å²) in [6.45, 7) is 4.41. The highest BCUT2D eigenvalue weighted by atomic mass is 19.4. The topological polar surface area (TPSA) is 44.8 Å². The molecule has 0 aliphatic carbocycles. The Morgan fingerprint density at radius 3 is 2.57 bits per heavy atom. The Morgan fingerprint density at radius 2 is 1.96 bits per heavy atom. The fraction of sp³-hybridized carbons (Fsp3) is 0.933. The van der Waals surface area contributed by atoms with Crippen LogP contribution in [0.5, 0.6) is 0 Å². The first-order chi connectivity index (χ1) is 10.8. The standard InChI is InChI=1S/C15H26F3N3O2/c1-12-10-23-9-8-21(12)14(22)19-5-2-13-3-6-20(7-4-13)11-15(16,17)18/h12-13H,2-11H2,1H3,(H,19,22)/t12-/m0/s1. The molecule has 0 saturated carbocycles. The normalized spacial score (nSPS) is 24.7. The average molecular weight is 337 g/mol. The third-order valence-electron chi connectivity index (χ3n) is 4.57. The largest absolute Gasteiger partial charge is 0.401 e. The summed E-state index contributed by atoms with van der Waals surface area (Å²) in [7, 11) is 0. The smallest absolute Gasteiger partial charge is 0.377 e. The fourth-order valence-electron chi connectivity index (χ4n) is 3.20. The van der Waals surface area contributed by atoms with Crippen LogP contribution in [0, 0.1) is 5.92 Å². The van der Waals surface area contributed by atoms with Crippen LogP contribution < -0.4 is 5.32 Å². The number of likely N-dealkylation sites (tertiary alicyclic amines) is 1. The van der Waals surface area contributed by atoms with E-state index >= 15 is 0 Å². The number of morpholine rings is 1. The van der Waals surface area contributed by atoms with Crippen LogP contribution in [-0.4, -0.2) is 74.0 Å². The predicted octanol–water partition coefficient (Wildman–Crippen LogP) is 2.08. The lowest BCUT2D eigenvalue weighted by Crippen LogP contribution is -2.51. The van der Waals surface area contributed by atoms with Crippen molar-refractivity contribution in [2.24, 2.45) is 5.92 Å². The summed E-state index contributed by atoms with van der Waals surface area (Å²) in [6, 6.07) is 0.00432. The molecule has 0 aromatic carbocycles. The van der Waals surface area contributed by atoms with Crippen molar-refractivity contribution in [3.63, 3.8) is 0 Å². The van der Waals surface area contributed by atoms with Gasteiger partial charge in [-0.15, -0.1) is 0 Å². The first kappa shape index (κ1) is 18.3. The van der Waals surface area contributed by atoms with E-state index in [0.717, 1.165) is 19.3 Å². The van der Waals surface area contributed by atoms with Gasteiger partial charge in [0.1, 0.15) is 0 Å². The van der Waals surface area contributed by atoms with Crippen molar-refractivity contribution < 1.29 is 22.7 Å². The molecule has 2 aliphatic heterocycles. The van der Waals surface area contributed by atoms with Crippen molar-refractivity contribution in [1.82, 2.24) is 15.1 Å². The van der Waals surface area contributed by atoms with Gasteiger partial charge >= 0.3 is 12.2 Å². The van der Waals surface area contributed by atoms with Crippen molar-refractivity contribution in [2.45, 2.75) is 38.4 Å². The van der Waals surface area contributed by atoms with E-state index in [1.165, 1.54) is 4.90 Å². The summed E-state index contributed by atoms with van der Waals surface area (Å²) in [6.07, 6.45) is -1.76. The van der Waals surface area contributed by atoms with Crippen LogP contribution in [-0.2, 0) is 4.74 Å². The summed E-state index contributed by atoms with van der Waals surface area (Å²) < 4.78 is 42.3. The van der Waals surface area contributed by atoms with Crippen LogP contribution in [0.3, 0.4) is 0 Å².